The molecule has 8 heteroatoms. The molecule has 0 radical (unpaired) electrons. The van der Waals surface area contributed by atoms with E-state index in [1.807, 2.05) is 24.4 Å². The third-order valence-electron chi connectivity index (χ3n) is 3.94. The minimum atomic E-state index is -0.254. The zero-order chi connectivity index (χ0) is 20.6. The summed E-state index contributed by atoms with van der Waals surface area (Å²) >= 11 is 7.15. The van der Waals surface area contributed by atoms with Crippen molar-refractivity contribution < 1.29 is 14.3 Å². The molecule has 0 atom stereocenters. The second kappa shape index (κ2) is 10.0. The largest absolute Gasteiger partial charge is 0.494 e. The molecule has 2 aromatic carbocycles. The Hall–Kier alpha value is -2.90. The van der Waals surface area contributed by atoms with Gasteiger partial charge in [0.25, 0.3) is 5.91 Å². The van der Waals surface area contributed by atoms with Crippen LogP contribution in [0.3, 0.4) is 0 Å². The number of ether oxygens (including phenoxy) is 1. The van der Waals surface area contributed by atoms with Gasteiger partial charge >= 0.3 is 0 Å². The lowest BCUT2D eigenvalue weighted by atomic mass is 10.2. The van der Waals surface area contributed by atoms with Crippen molar-refractivity contribution in [3.63, 3.8) is 0 Å². The zero-order valence-corrected chi connectivity index (χ0v) is 17.3. The molecule has 0 spiro atoms. The van der Waals surface area contributed by atoms with E-state index in [1.54, 1.807) is 36.4 Å². The summed E-state index contributed by atoms with van der Waals surface area (Å²) in [6, 6.07) is 13.9. The molecule has 0 aliphatic rings. The molecule has 2 amide bonds. The van der Waals surface area contributed by atoms with Gasteiger partial charge in [-0.1, -0.05) is 11.6 Å². The fourth-order valence-electron chi connectivity index (χ4n) is 2.52. The number of nitrogens with zero attached hydrogens (tertiary/aromatic N) is 1. The van der Waals surface area contributed by atoms with Gasteiger partial charge in [0.05, 0.1) is 12.3 Å². The maximum absolute atomic E-state index is 12.2. The van der Waals surface area contributed by atoms with Gasteiger partial charge < -0.3 is 10.1 Å². The average molecular weight is 430 g/mol. The number of aryl methyl sites for hydroxylation is 1. The highest BCUT2D eigenvalue weighted by atomic mass is 35.5. The van der Waals surface area contributed by atoms with Crippen molar-refractivity contribution in [1.82, 2.24) is 4.98 Å². The van der Waals surface area contributed by atoms with Crippen molar-refractivity contribution in [2.75, 3.05) is 17.2 Å². The first-order valence-corrected chi connectivity index (χ1v) is 10.3. The second-order valence-electron chi connectivity index (χ2n) is 6.11. The molecule has 0 bridgehead atoms. The number of hydrogen-bond donors (Lipinski definition) is 2. The van der Waals surface area contributed by atoms with Gasteiger partial charge in [-0.25, -0.2) is 4.98 Å². The number of amides is 2. The summed E-state index contributed by atoms with van der Waals surface area (Å²) in [5.41, 5.74) is 1.97. The summed E-state index contributed by atoms with van der Waals surface area (Å²) in [5, 5.41) is 8.50. The minimum absolute atomic E-state index is 0.103. The average Bonchev–Trinajstić information content (AvgIpc) is 3.16. The molecule has 1 aromatic heterocycles. The molecule has 1 heterocycles. The molecule has 150 valence electrons. The Morgan fingerprint density at radius 3 is 2.48 bits per heavy atom. The molecule has 0 aliphatic heterocycles. The molecular weight excluding hydrogens is 410 g/mol. The lowest BCUT2D eigenvalue weighted by molar-refractivity contribution is -0.116. The Bertz CT molecular complexity index is 972. The van der Waals surface area contributed by atoms with Gasteiger partial charge in [-0.05, 0) is 61.9 Å². The van der Waals surface area contributed by atoms with E-state index >= 15 is 0 Å². The Labute approximate surface area is 177 Å². The van der Waals surface area contributed by atoms with E-state index in [1.165, 1.54) is 11.3 Å². The first-order chi connectivity index (χ1) is 14.0. The Kier molecular flexibility index (Phi) is 7.21. The number of carbonyl (C=O) groups excluding carboxylic acids is 2. The Morgan fingerprint density at radius 2 is 1.79 bits per heavy atom. The normalized spacial score (nSPS) is 10.4. The van der Waals surface area contributed by atoms with E-state index < -0.39 is 0 Å². The summed E-state index contributed by atoms with van der Waals surface area (Å²) in [7, 11) is 0. The van der Waals surface area contributed by atoms with Crippen LogP contribution in [-0.4, -0.2) is 23.4 Å². The van der Waals surface area contributed by atoms with Gasteiger partial charge in [0.2, 0.25) is 5.91 Å². The van der Waals surface area contributed by atoms with Crippen LogP contribution in [-0.2, 0) is 11.2 Å². The predicted molar refractivity (Wildman–Crippen MR) is 116 cm³/mol. The molecule has 0 fully saturated rings. The van der Waals surface area contributed by atoms with Gasteiger partial charge in [0, 0.05) is 28.1 Å². The molecule has 29 heavy (non-hydrogen) atoms. The van der Waals surface area contributed by atoms with Crippen molar-refractivity contribution in [3.8, 4) is 5.75 Å². The van der Waals surface area contributed by atoms with Crippen LogP contribution in [0.2, 0.25) is 5.02 Å². The molecule has 2 N–H and O–H groups in total. The number of hydrogen-bond acceptors (Lipinski definition) is 5. The van der Waals surface area contributed by atoms with Crippen LogP contribution in [0.4, 0.5) is 10.8 Å². The van der Waals surface area contributed by atoms with Gasteiger partial charge in [0.1, 0.15) is 5.75 Å². The highest BCUT2D eigenvalue weighted by Crippen LogP contribution is 2.19. The lowest BCUT2D eigenvalue weighted by Gasteiger charge is -2.06. The Morgan fingerprint density at radius 1 is 1.07 bits per heavy atom. The second-order valence-corrected chi connectivity index (χ2v) is 7.41. The third-order valence-corrected chi connectivity index (χ3v) is 4.99. The topological polar surface area (TPSA) is 80.3 Å². The van der Waals surface area contributed by atoms with Crippen molar-refractivity contribution in [1.29, 1.82) is 0 Å². The van der Waals surface area contributed by atoms with Crippen LogP contribution in [0.25, 0.3) is 0 Å². The Balaban J connectivity index is 1.47. The molecule has 0 unspecified atom stereocenters. The molecule has 0 saturated carbocycles. The van der Waals surface area contributed by atoms with Crippen LogP contribution >= 0.6 is 22.9 Å². The number of aromatic nitrogens is 1. The van der Waals surface area contributed by atoms with Crippen LogP contribution < -0.4 is 15.4 Å². The number of halogens is 1. The zero-order valence-electron chi connectivity index (χ0n) is 15.8. The van der Waals surface area contributed by atoms with E-state index in [4.69, 9.17) is 16.3 Å². The summed E-state index contributed by atoms with van der Waals surface area (Å²) < 4.78 is 5.38. The predicted octanol–water partition coefficient (Wildman–Crippen LogP) is 5.02. The number of thiazole rings is 1. The number of benzene rings is 2. The standard InChI is InChI=1S/C21H20ClN3O3S/c1-2-28-18-10-7-16(8-11-18)23-19(26)12-9-17-13-29-21(24-17)25-20(27)14-3-5-15(22)6-4-14/h3-8,10-11,13H,2,9,12H2,1H3,(H,23,26)(H,24,25,27). The maximum Gasteiger partial charge on any atom is 0.257 e. The van der Waals surface area contributed by atoms with Crippen LogP contribution in [0.5, 0.6) is 5.75 Å². The summed E-state index contributed by atoms with van der Waals surface area (Å²) in [6.07, 6.45) is 0.775. The van der Waals surface area contributed by atoms with E-state index in [-0.39, 0.29) is 11.8 Å². The lowest BCUT2D eigenvalue weighted by Crippen LogP contribution is -2.13. The smallest absolute Gasteiger partial charge is 0.257 e. The number of carbonyl (C=O) groups is 2. The monoisotopic (exact) mass is 429 g/mol. The molecule has 3 rings (SSSR count). The summed E-state index contributed by atoms with van der Waals surface area (Å²) in [6.45, 7) is 2.52. The van der Waals surface area contributed by atoms with Gasteiger partial charge in [-0.3, -0.25) is 14.9 Å². The van der Waals surface area contributed by atoms with Gasteiger partial charge in [-0.2, -0.15) is 0 Å². The molecule has 3 aromatic rings. The maximum atomic E-state index is 12.2. The van der Waals surface area contributed by atoms with Gasteiger partial charge in [-0.15, -0.1) is 11.3 Å². The first kappa shape index (κ1) is 20.8. The first-order valence-electron chi connectivity index (χ1n) is 9.07. The molecule has 6 nitrogen and oxygen atoms in total. The van der Waals surface area contributed by atoms with E-state index in [0.29, 0.717) is 40.9 Å². The van der Waals surface area contributed by atoms with Crippen LogP contribution in [0.15, 0.2) is 53.9 Å². The highest BCUT2D eigenvalue weighted by molar-refractivity contribution is 7.14. The number of rotatable bonds is 8. The fraction of sp³-hybridized carbons (Fsp3) is 0.190. The fourth-order valence-corrected chi connectivity index (χ4v) is 3.38. The highest BCUT2D eigenvalue weighted by Gasteiger charge is 2.10. The van der Waals surface area contributed by atoms with Crippen molar-refractivity contribution in [3.05, 3.63) is 70.2 Å². The summed E-state index contributed by atoms with van der Waals surface area (Å²) in [4.78, 5) is 28.7. The van der Waals surface area contributed by atoms with Crippen molar-refractivity contribution in [2.24, 2.45) is 0 Å². The quantitative estimate of drug-likeness (QED) is 0.527. The molecular formula is C21H20ClN3O3S. The number of anilines is 2. The number of nitrogens with one attached hydrogen (secondary N) is 2. The van der Waals surface area contributed by atoms with Crippen LogP contribution in [0, 0.1) is 0 Å². The van der Waals surface area contributed by atoms with Crippen LogP contribution in [0.1, 0.15) is 29.4 Å². The minimum Gasteiger partial charge on any atom is -0.494 e. The van der Waals surface area contributed by atoms with E-state index in [9.17, 15) is 9.59 Å². The van der Waals surface area contributed by atoms with E-state index in [2.05, 4.69) is 15.6 Å². The molecule has 0 aliphatic carbocycles. The van der Waals surface area contributed by atoms with Gasteiger partial charge in [0.15, 0.2) is 5.13 Å². The SMILES string of the molecule is CCOc1ccc(NC(=O)CCc2csc(NC(=O)c3ccc(Cl)cc3)n2)cc1. The van der Waals surface area contributed by atoms with Crippen molar-refractivity contribution >= 4 is 45.6 Å². The van der Waals surface area contributed by atoms with Crippen molar-refractivity contribution in [2.45, 2.75) is 19.8 Å². The summed E-state index contributed by atoms with van der Waals surface area (Å²) in [5.74, 6) is 0.408. The third kappa shape index (κ3) is 6.30. The molecule has 0 saturated heterocycles. The van der Waals surface area contributed by atoms with E-state index in [0.717, 1.165) is 11.4 Å².